The van der Waals surface area contributed by atoms with Gasteiger partial charge in [0.25, 0.3) is 11.8 Å². The zero-order chi connectivity index (χ0) is 35.2. The minimum absolute atomic E-state index is 0.0370. The number of rotatable bonds is 7. The predicted octanol–water partition coefficient (Wildman–Crippen LogP) is 6.71. The van der Waals surface area contributed by atoms with Crippen molar-refractivity contribution in [2.45, 2.75) is 109 Å². The number of aliphatic hydroxyl groups excluding tert-OH is 1. The van der Waals surface area contributed by atoms with Crippen molar-refractivity contribution in [3.8, 4) is 0 Å². The topological polar surface area (TPSA) is 108 Å². The Kier molecular flexibility index (Phi) is 9.69. The van der Waals surface area contributed by atoms with Crippen LogP contribution in [0.3, 0.4) is 0 Å². The van der Waals surface area contributed by atoms with Crippen LogP contribution >= 0.6 is 0 Å². The van der Waals surface area contributed by atoms with E-state index in [0.717, 1.165) is 42.4 Å². The molecule has 264 valence electrons. The van der Waals surface area contributed by atoms with E-state index in [2.05, 4.69) is 17.1 Å². The number of carbonyl (C=O) groups is 3. The van der Waals surface area contributed by atoms with Gasteiger partial charge in [-0.3, -0.25) is 19.3 Å². The van der Waals surface area contributed by atoms with Crippen LogP contribution in [0.5, 0.6) is 0 Å². The van der Waals surface area contributed by atoms with Crippen LogP contribution in [0.1, 0.15) is 116 Å². The molecule has 3 aromatic carbocycles. The standard InChI is InChI=1S/C41H49N3O6/c1-25-35(23-43-33-12-8-5-9-27(33)19-22-34(43)37(46)42-41(2,3)4)49-40(50-36(25)28-15-13-26(24-45)14-16-28)29-17-20-30(21-18-29)44-38(47)31-10-6-7-11-32(31)39(44)48/h6-7,10-11,13-18,20-21,25,27,33-36,40,45H,5,8-9,12,19,22-24H2,1-4H3,(H,42,46)/t25-,27-,33-,34-,35+,36+,40+/m1/s1. The van der Waals surface area contributed by atoms with Crippen LogP contribution in [0.2, 0.25) is 0 Å². The SMILES string of the molecule is C[C@@H]1[C@H](CN2[C@@H](C(=O)NC(C)(C)C)CC[C@H]3CCCC[C@H]32)O[C@H](c2ccc(N3C(=O)c4ccccc4C3=O)cc2)O[C@@H]1c1ccc(CO)cc1. The van der Waals surface area contributed by atoms with Crippen LogP contribution < -0.4 is 10.2 Å². The molecule has 0 radical (unpaired) electrons. The quantitative estimate of drug-likeness (QED) is 0.268. The van der Waals surface area contributed by atoms with Gasteiger partial charge in [-0.05, 0) is 87.8 Å². The largest absolute Gasteiger partial charge is 0.392 e. The Morgan fingerprint density at radius 3 is 2.12 bits per heavy atom. The molecule has 7 rings (SSSR count). The number of carbonyl (C=O) groups excluding carboxylic acids is 3. The summed E-state index contributed by atoms with van der Waals surface area (Å²) < 4.78 is 13.6. The van der Waals surface area contributed by atoms with Gasteiger partial charge in [-0.25, -0.2) is 4.90 Å². The normalized spacial score (nSPS) is 28.7. The highest BCUT2D eigenvalue weighted by Crippen LogP contribution is 2.45. The Hall–Kier alpha value is -3.89. The van der Waals surface area contributed by atoms with Crippen LogP contribution in [0.4, 0.5) is 5.69 Å². The highest BCUT2D eigenvalue weighted by molar-refractivity contribution is 6.34. The molecule has 3 fully saturated rings. The van der Waals surface area contributed by atoms with Gasteiger partial charge in [-0.15, -0.1) is 0 Å². The first-order chi connectivity index (χ1) is 24.0. The fourth-order valence-corrected chi connectivity index (χ4v) is 8.47. The molecule has 0 unspecified atom stereocenters. The summed E-state index contributed by atoms with van der Waals surface area (Å²) in [6.45, 7) is 8.81. The number of anilines is 1. The first-order valence-electron chi connectivity index (χ1n) is 18.2. The van der Waals surface area contributed by atoms with Crippen molar-refractivity contribution in [1.29, 1.82) is 0 Å². The van der Waals surface area contributed by atoms with Crippen molar-refractivity contribution in [2.24, 2.45) is 11.8 Å². The molecular weight excluding hydrogens is 630 g/mol. The van der Waals surface area contributed by atoms with Gasteiger partial charge in [0.2, 0.25) is 5.91 Å². The molecule has 3 aromatic rings. The van der Waals surface area contributed by atoms with E-state index in [9.17, 15) is 19.5 Å². The lowest BCUT2D eigenvalue weighted by molar-refractivity contribution is -0.278. The number of imide groups is 1. The molecule has 2 saturated heterocycles. The Morgan fingerprint density at radius 1 is 0.840 bits per heavy atom. The van der Waals surface area contributed by atoms with E-state index in [4.69, 9.17) is 9.47 Å². The van der Waals surface area contributed by atoms with Crippen LogP contribution in [0.15, 0.2) is 72.8 Å². The zero-order valence-electron chi connectivity index (χ0n) is 29.5. The van der Waals surface area contributed by atoms with Gasteiger partial charge >= 0.3 is 0 Å². The number of aliphatic hydroxyl groups is 1. The second-order valence-electron chi connectivity index (χ2n) is 15.5. The molecule has 1 saturated carbocycles. The molecule has 0 aromatic heterocycles. The van der Waals surface area contributed by atoms with Crippen molar-refractivity contribution in [3.63, 3.8) is 0 Å². The third-order valence-electron chi connectivity index (χ3n) is 11.0. The van der Waals surface area contributed by atoms with Crippen molar-refractivity contribution in [1.82, 2.24) is 10.2 Å². The number of hydrogen-bond acceptors (Lipinski definition) is 7. The number of fused-ring (bicyclic) bond motifs is 2. The van der Waals surface area contributed by atoms with Crippen molar-refractivity contribution >= 4 is 23.4 Å². The molecule has 3 aliphatic heterocycles. The van der Waals surface area contributed by atoms with Gasteiger partial charge in [0.15, 0.2) is 6.29 Å². The molecule has 2 N–H and O–H groups in total. The fraction of sp³-hybridized carbons (Fsp3) is 0.488. The molecule has 0 spiro atoms. The molecule has 4 aliphatic rings. The van der Waals surface area contributed by atoms with Crippen LogP contribution in [-0.2, 0) is 20.9 Å². The summed E-state index contributed by atoms with van der Waals surface area (Å²) in [5, 5.41) is 13.0. The van der Waals surface area contributed by atoms with E-state index in [1.54, 1.807) is 36.4 Å². The Morgan fingerprint density at radius 2 is 1.48 bits per heavy atom. The van der Waals surface area contributed by atoms with E-state index in [-0.39, 0.29) is 54.0 Å². The van der Waals surface area contributed by atoms with Crippen LogP contribution in [0.25, 0.3) is 0 Å². The molecule has 7 atom stereocenters. The van der Waals surface area contributed by atoms with E-state index in [1.165, 1.54) is 17.7 Å². The summed E-state index contributed by atoms with van der Waals surface area (Å²) in [4.78, 5) is 43.8. The minimum atomic E-state index is -0.719. The maximum atomic E-state index is 13.8. The van der Waals surface area contributed by atoms with Crippen molar-refractivity contribution < 1.29 is 29.0 Å². The van der Waals surface area contributed by atoms with Crippen molar-refractivity contribution in [3.05, 3.63) is 101 Å². The lowest BCUT2D eigenvalue weighted by Gasteiger charge is -2.51. The first-order valence-corrected chi connectivity index (χ1v) is 18.2. The summed E-state index contributed by atoms with van der Waals surface area (Å²) >= 11 is 0. The summed E-state index contributed by atoms with van der Waals surface area (Å²) in [6, 6.07) is 22.1. The van der Waals surface area contributed by atoms with Crippen LogP contribution in [-0.4, -0.2) is 58.0 Å². The maximum absolute atomic E-state index is 13.8. The van der Waals surface area contributed by atoms with Gasteiger partial charge in [0.1, 0.15) is 0 Å². The smallest absolute Gasteiger partial charge is 0.266 e. The first kappa shape index (κ1) is 34.6. The van der Waals surface area contributed by atoms with Gasteiger partial charge in [0, 0.05) is 29.6 Å². The number of piperidine rings is 1. The number of nitrogens with zero attached hydrogens (tertiary/aromatic N) is 2. The Balaban J connectivity index is 1.19. The average molecular weight is 680 g/mol. The highest BCUT2D eigenvalue weighted by Gasteiger charge is 2.46. The Labute approximate surface area is 294 Å². The second-order valence-corrected chi connectivity index (χ2v) is 15.5. The van der Waals surface area contributed by atoms with E-state index in [1.807, 2.05) is 57.2 Å². The summed E-state index contributed by atoms with van der Waals surface area (Å²) in [5.41, 5.74) is 3.56. The number of amides is 3. The van der Waals surface area contributed by atoms with Gasteiger partial charge < -0.3 is 19.9 Å². The number of hydrogen-bond donors (Lipinski definition) is 2. The van der Waals surface area contributed by atoms with E-state index < -0.39 is 6.29 Å². The third-order valence-corrected chi connectivity index (χ3v) is 11.0. The molecule has 3 amide bonds. The number of likely N-dealkylation sites (tertiary alicyclic amines) is 1. The van der Waals surface area contributed by atoms with Crippen molar-refractivity contribution in [2.75, 3.05) is 11.4 Å². The molecular formula is C41H49N3O6. The zero-order valence-corrected chi connectivity index (χ0v) is 29.5. The molecule has 3 heterocycles. The second kappa shape index (κ2) is 14.0. The predicted molar refractivity (Wildman–Crippen MR) is 190 cm³/mol. The summed E-state index contributed by atoms with van der Waals surface area (Å²) in [6.07, 6.45) is 5.29. The molecule has 9 heteroatoms. The average Bonchev–Trinajstić information content (AvgIpc) is 3.37. The lowest BCUT2D eigenvalue weighted by atomic mass is 9.75. The summed E-state index contributed by atoms with van der Waals surface area (Å²) in [7, 11) is 0. The van der Waals surface area contributed by atoms with E-state index >= 15 is 0 Å². The molecule has 1 aliphatic carbocycles. The van der Waals surface area contributed by atoms with Crippen LogP contribution in [0, 0.1) is 11.8 Å². The van der Waals surface area contributed by atoms with Gasteiger partial charge in [-0.1, -0.05) is 68.3 Å². The molecule has 50 heavy (non-hydrogen) atoms. The third kappa shape index (κ3) is 6.76. The molecule has 0 bridgehead atoms. The molecule has 9 nitrogen and oxygen atoms in total. The van der Waals surface area contributed by atoms with Gasteiger partial charge in [0.05, 0.1) is 41.7 Å². The number of benzene rings is 3. The summed E-state index contributed by atoms with van der Waals surface area (Å²) in [5.74, 6) is -0.0606. The number of nitrogens with one attached hydrogen (secondary N) is 1. The maximum Gasteiger partial charge on any atom is 0.266 e. The Bertz CT molecular complexity index is 1680. The van der Waals surface area contributed by atoms with Gasteiger partial charge in [-0.2, -0.15) is 0 Å². The fourth-order valence-electron chi connectivity index (χ4n) is 8.47. The minimum Gasteiger partial charge on any atom is -0.392 e. The monoisotopic (exact) mass is 679 g/mol. The van der Waals surface area contributed by atoms with E-state index in [0.29, 0.717) is 35.3 Å². The number of ether oxygens (including phenoxy) is 2. The highest BCUT2D eigenvalue weighted by atomic mass is 16.7. The lowest BCUT2D eigenvalue weighted by Crippen LogP contribution is -2.61.